The van der Waals surface area contributed by atoms with E-state index in [1.165, 1.54) is 7.11 Å². The molecular formula is C34H70O15Si. The summed E-state index contributed by atoms with van der Waals surface area (Å²) in [5.74, 6) is -0.286. The van der Waals surface area contributed by atoms with Gasteiger partial charge in [0.25, 0.3) is 0 Å². The van der Waals surface area contributed by atoms with E-state index in [0.29, 0.717) is 165 Å². The molecule has 0 unspecified atom stereocenters. The molecule has 0 heterocycles. The Balaban J connectivity index is 3.12. The second kappa shape index (κ2) is 36.5. The lowest BCUT2D eigenvalue weighted by molar-refractivity contribution is -0.141. The summed E-state index contributed by atoms with van der Waals surface area (Å²) in [5.41, 5.74) is 0. The van der Waals surface area contributed by atoms with Gasteiger partial charge in [0.05, 0.1) is 179 Å². The average molecular weight is 747 g/mol. The van der Waals surface area contributed by atoms with Crippen LogP contribution in [-0.2, 0) is 70.8 Å². The Bertz CT molecular complexity index is 713. The van der Waals surface area contributed by atoms with E-state index in [2.05, 4.69) is 38.6 Å². The third-order valence-corrected chi connectivity index (χ3v) is 11.8. The molecule has 0 aromatic carbocycles. The number of methoxy groups -OCH3 is 1. The van der Waals surface area contributed by atoms with Gasteiger partial charge in [-0.2, -0.15) is 0 Å². The molecule has 0 radical (unpaired) electrons. The minimum absolute atomic E-state index is 0.213. The highest BCUT2D eigenvalue weighted by Gasteiger charge is 2.36. The Morgan fingerprint density at radius 2 is 0.580 bits per heavy atom. The molecule has 0 N–H and O–H groups in total. The van der Waals surface area contributed by atoms with Crippen LogP contribution in [0.5, 0.6) is 0 Å². The molecule has 0 aliphatic heterocycles. The number of esters is 1. The van der Waals surface area contributed by atoms with E-state index in [1.54, 1.807) is 0 Å². The van der Waals surface area contributed by atoms with Crippen molar-refractivity contribution < 1.29 is 70.8 Å². The predicted molar refractivity (Wildman–Crippen MR) is 190 cm³/mol. The van der Waals surface area contributed by atoms with Gasteiger partial charge in [0.2, 0.25) is 0 Å². The van der Waals surface area contributed by atoms with Crippen LogP contribution in [0, 0.1) is 0 Å². The molecule has 15 nitrogen and oxygen atoms in total. The maximum absolute atomic E-state index is 10.9. The van der Waals surface area contributed by atoms with Crippen LogP contribution in [0.1, 0.15) is 27.2 Å². The fourth-order valence-corrected chi connectivity index (χ4v) is 4.38. The molecular weight excluding hydrogens is 676 g/mol. The molecule has 0 fully saturated rings. The zero-order chi connectivity index (χ0) is 36.9. The molecule has 0 aliphatic rings. The van der Waals surface area contributed by atoms with Crippen LogP contribution >= 0.6 is 0 Å². The van der Waals surface area contributed by atoms with Crippen LogP contribution in [0.4, 0.5) is 0 Å². The summed E-state index contributed by atoms with van der Waals surface area (Å²) in [6.07, 6.45) is 0.244. The van der Waals surface area contributed by atoms with Crippen molar-refractivity contribution in [1.82, 2.24) is 0 Å². The molecule has 0 aliphatic carbocycles. The quantitative estimate of drug-likeness (QED) is 0.0514. The summed E-state index contributed by atoms with van der Waals surface area (Å²) in [6, 6.07) is 0. The summed E-state index contributed by atoms with van der Waals surface area (Å²) in [5, 5.41) is 0.213. The number of carbonyl (C=O) groups excluding carboxylic acids is 1. The first-order valence-electron chi connectivity index (χ1n) is 17.8. The maximum Gasteiger partial charge on any atom is 0.307 e. The zero-order valence-corrected chi connectivity index (χ0v) is 33.0. The van der Waals surface area contributed by atoms with Crippen molar-refractivity contribution in [2.75, 3.05) is 172 Å². The van der Waals surface area contributed by atoms with Gasteiger partial charge in [0, 0.05) is 0 Å². The van der Waals surface area contributed by atoms with E-state index in [1.807, 2.05) is 0 Å². The Morgan fingerprint density at radius 3 is 0.780 bits per heavy atom. The molecule has 0 rings (SSSR count). The minimum atomic E-state index is -1.70. The summed E-state index contributed by atoms with van der Waals surface area (Å²) in [7, 11) is -0.350. The Labute approximate surface area is 302 Å². The third kappa shape index (κ3) is 35.6. The van der Waals surface area contributed by atoms with Crippen molar-refractivity contribution in [3.05, 3.63) is 0 Å². The second-order valence-corrected chi connectivity index (χ2v) is 17.1. The van der Waals surface area contributed by atoms with E-state index in [4.69, 9.17) is 61.3 Å². The van der Waals surface area contributed by atoms with E-state index < -0.39 is 8.32 Å². The van der Waals surface area contributed by atoms with Gasteiger partial charge in [0.15, 0.2) is 8.32 Å². The topological polar surface area (TPSA) is 146 Å². The summed E-state index contributed by atoms with van der Waals surface area (Å²) < 4.78 is 76.2. The zero-order valence-electron chi connectivity index (χ0n) is 32.0. The number of hydrogen-bond acceptors (Lipinski definition) is 15. The summed E-state index contributed by atoms with van der Waals surface area (Å²) in [4.78, 5) is 10.9. The highest BCUT2D eigenvalue weighted by atomic mass is 28.4. The fourth-order valence-electron chi connectivity index (χ4n) is 3.35. The molecule has 50 heavy (non-hydrogen) atoms. The van der Waals surface area contributed by atoms with Crippen LogP contribution in [0.15, 0.2) is 0 Å². The van der Waals surface area contributed by atoms with Gasteiger partial charge in [-0.15, -0.1) is 0 Å². The first kappa shape index (κ1) is 49.2. The van der Waals surface area contributed by atoms with Crippen LogP contribution in [0.25, 0.3) is 0 Å². The molecule has 0 spiro atoms. The first-order valence-corrected chi connectivity index (χ1v) is 20.7. The maximum atomic E-state index is 10.9. The number of hydrogen-bond donors (Lipinski definition) is 0. The summed E-state index contributed by atoms with van der Waals surface area (Å²) >= 11 is 0. The van der Waals surface area contributed by atoms with Crippen molar-refractivity contribution in [3.8, 4) is 0 Å². The van der Waals surface area contributed by atoms with Gasteiger partial charge in [-0.25, -0.2) is 0 Å². The SMILES string of the molecule is COC(=O)CCOCCOCCOCCOCCOCCOCCOCCOCCOCCOCCOCCOCCO[Si](C)(C)C(C)(C)C. The first-order chi connectivity index (χ1) is 24.2. The number of carbonyl (C=O) groups is 1. The van der Waals surface area contributed by atoms with Gasteiger partial charge in [-0.1, -0.05) is 20.8 Å². The second-order valence-electron chi connectivity index (χ2n) is 12.3. The van der Waals surface area contributed by atoms with E-state index in [9.17, 15) is 4.79 Å². The van der Waals surface area contributed by atoms with Crippen LogP contribution in [0.2, 0.25) is 18.1 Å². The standard InChI is InChI=1S/C34H70O15Si/c1-34(2,3)50(5,6)49-32-31-48-30-29-47-28-27-46-26-25-45-24-23-44-22-21-43-20-19-42-18-17-41-16-15-40-14-13-39-12-11-38-10-9-37-8-7-33(35)36-4/h7-32H2,1-6H3. The predicted octanol–water partition coefficient (Wildman–Crippen LogP) is 2.77. The van der Waals surface area contributed by atoms with Crippen LogP contribution < -0.4 is 0 Å². The fraction of sp³-hybridized carbons (Fsp3) is 0.971. The molecule has 0 saturated heterocycles. The molecule has 0 saturated carbocycles. The molecule has 300 valence electrons. The lowest BCUT2D eigenvalue weighted by atomic mass is 10.2. The van der Waals surface area contributed by atoms with Gasteiger partial charge in [0.1, 0.15) is 0 Å². The van der Waals surface area contributed by atoms with Gasteiger partial charge in [-0.3, -0.25) is 4.79 Å². The van der Waals surface area contributed by atoms with Crippen molar-refractivity contribution in [2.24, 2.45) is 0 Å². The average Bonchev–Trinajstić information content (AvgIpc) is 3.08. The summed E-state index contributed by atoms with van der Waals surface area (Å²) in [6.45, 7) is 23.7. The smallest absolute Gasteiger partial charge is 0.307 e. The normalized spacial score (nSPS) is 12.2. The van der Waals surface area contributed by atoms with Crippen LogP contribution in [0.3, 0.4) is 0 Å². The number of rotatable bonds is 40. The van der Waals surface area contributed by atoms with Crippen molar-refractivity contribution in [3.63, 3.8) is 0 Å². The highest BCUT2D eigenvalue weighted by Crippen LogP contribution is 2.36. The van der Waals surface area contributed by atoms with Crippen molar-refractivity contribution in [1.29, 1.82) is 0 Å². The Morgan fingerprint density at radius 1 is 0.380 bits per heavy atom. The molecule has 0 atom stereocenters. The van der Waals surface area contributed by atoms with Gasteiger partial charge < -0.3 is 66.0 Å². The Kier molecular flexibility index (Phi) is 35.9. The lowest BCUT2D eigenvalue weighted by Crippen LogP contribution is -2.41. The Hall–Kier alpha value is -0.833. The highest BCUT2D eigenvalue weighted by molar-refractivity contribution is 6.74. The van der Waals surface area contributed by atoms with E-state index >= 15 is 0 Å². The molecule has 0 amide bonds. The molecule has 16 heteroatoms. The minimum Gasteiger partial charge on any atom is -0.469 e. The van der Waals surface area contributed by atoms with Gasteiger partial charge in [-0.05, 0) is 18.1 Å². The van der Waals surface area contributed by atoms with Crippen molar-refractivity contribution in [2.45, 2.75) is 45.3 Å². The molecule has 0 aromatic heterocycles. The van der Waals surface area contributed by atoms with E-state index in [-0.39, 0.29) is 17.4 Å². The lowest BCUT2D eigenvalue weighted by Gasteiger charge is -2.36. The third-order valence-electron chi connectivity index (χ3n) is 7.27. The molecule has 0 aromatic rings. The van der Waals surface area contributed by atoms with Crippen LogP contribution in [-0.4, -0.2) is 187 Å². The number of ether oxygens (including phenoxy) is 13. The molecule has 0 bridgehead atoms. The van der Waals surface area contributed by atoms with E-state index in [0.717, 1.165) is 0 Å². The monoisotopic (exact) mass is 746 g/mol. The van der Waals surface area contributed by atoms with Crippen molar-refractivity contribution >= 4 is 14.3 Å². The largest absolute Gasteiger partial charge is 0.469 e. The van der Waals surface area contributed by atoms with Gasteiger partial charge >= 0.3 is 5.97 Å².